The summed E-state index contributed by atoms with van der Waals surface area (Å²) in [7, 11) is 0. The van der Waals surface area contributed by atoms with E-state index in [0.717, 1.165) is 15.1 Å². The van der Waals surface area contributed by atoms with E-state index in [4.69, 9.17) is 17.3 Å². The van der Waals surface area contributed by atoms with Crippen LogP contribution in [0, 0.1) is 0 Å². The van der Waals surface area contributed by atoms with E-state index < -0.39 is 0 Å². The topological polar surface area (TPSA) is 26.0 Å². The summed E-state index contributed by atoms with van der Waals surface area (Å²) in [6.07, 6.45) is 0. The minimum absolute atomic E-state index is 0.616. The molecule has 4 heteroatoms. The molecule has 0 saturated heterocycles. The fourth-order valence-corrected chi connectivity index (χ4v) is 2.75. The normalized spacial score (nSPS) is 10.5. The van der Waals surface area contributed by atoms with E-state index in [1.54, 1.807) is 11.8 Å². The quantitative estimate of drug-likeness (QED) is 0.635. The Balaban J connectivity index is 2.02. The first-order valence-corrected chi connectivity index (χ1v) is 7.23. The molecule has 0 fully saturated rings. The Morgan fingerprint density at radius 2 is 1.82 bits per heavy atom. The molecule has 0 saturated carbocycles. The summed E-state index contributed by atoms with van der Waals surface area (Å²) in [6.45, 7) is 0. The number of thioether (sulfide) groups is 1. The Morgan fingerprint density at radius 3 is 2.47 bits per heavy atom. The molecule has 0 atom stereocenters. The van der Waals surface area contributed by atoms with Gasteiger partial charge < -0.3 is 5.73 Å². The fourth-order valence-electron chi connectivity index (χ4n) is 1.34. The van der Waals surface area contributed by atoms with Gasteiger partial charge in [0, 0.05) is 15.1 Å². The largest absolute Gasteiger partial charge is 0.398 e. The molecule has 0 spiro atoms. The lowest BCUT2D eigenvalue weighted by Gasteiger charge is -2.04. The second-order valence-electron chi connectivity index (χ2n) is 3.60. The van der Waals surface area contributed by atoms with Crippen molar-refractivity contribution in [3.63, 3.8) is 0 Å². The van der Waals surface area contributed by atoms with Gasteiger partial charge in [-0.1, -0.05) is 39.7 Å². The third-order valence-electron chi connectivity index (χ3n) is 2.29. The van der Waals surface area contributed by atoms with Crippen molar-refractivity contribution >= 4 is 45.0 Å². The van der Waals surface area contributed by atoms with Gasteiger partial charge in [-0.2, -0.15) is 0 Å². The molecule has 0 aliphatic heterocycles. The van der Waals surface area contributed by atoms with Gasteiger partial charge >= 0.3 is 0 Å². The number of hydrogen-bond acceptors (Lipinski definition) is 2. The Labute approximate surface area is 118 Å². The SMILES string of the molecule is Nc1ccc(SCc2ccc(Br)cc2)cc1Cl. The maximum absolute atomic E-state index is 5.97. The molecule has 0 amide bonds. The number of nitrogens with two attached hydrogens (primary N) is 1. The maximum atomic E-state index is 5.97. The average Bonchev–Trinajstić information content (AvgIpc) is 2.33. The Kier molecular flexibility index (Phi) is 4.37. The van der Waals surface area contributed by atoms with Crippen LogP contribution in [-0.4, -0.2) is 0 Å². The number of nitrogen functional groups attached to an aromatic ring is 1. The van der Waals surface area contributed by atoms with Crippen molar-refractivity contribution in [2.75, 3.05) is 5.73 Å². The first-order valence-electron chi connectivity index (χ1n) is 5.07. The highest BCUT2D eigenvalue weighted by Gasteiger charge is 2.00. The zero-order chi connectivity index (χ0) is 12.3. The molecule has 2 aromatic rings. The Bertz CT molecular complexity index is 513. The molecule has 2 aromatic carbocycles. The van der Waals surface area contributed by atoms with Crippen LogP contribution in [-0.2, 0) is 5.75 Å². The third-order valence-corrected chi connectivity index (χ3v) is 4.21. The summed E-state index contributed by atoms with van der Waals surface area (Å²) in [5.41, 5.74) is 7.57. The second-order valence-corrected chi connectivity index (χ2v) is 5.97. The lowest BCUT2D eigenvalue weighted by Crippen LogP contribution is -1.86. The van der Waals surface area contributed by atoms with Crippen LogP contribution in [0.5, 0.6) is 0 Å². The highest BCUT2D eigenvalue weighted by atomic mass is 79.9. The Hall–Kier alpha value is -0.640. The van der Waals surface area contributed by atoms with Gasteiger partial charge in [0.1, 0.15) is 0 Å². The van der Waals surface area contributed by atoms with Crippen molar-refractivity contribution in [1.29, 1.82) is 0 Å². The molecule has 0 aliphatic rings. The van der Waals surface area contributed by atoms with E-state index in [1.165, 1.54) is 5.56 Å². The molecule has 0 unspecified atom stereocenters. The molecule has 2 rings (SSSR count). The lowest BCUT2D eigenvalue weighted by atomic mass is 10.2. The van der Waals surface area contributed by atoms with Crippen LogP contribution in [0.4, 0.5) is 5.69 Å². The average molecular weight is 329 g/mol. The van der Waals surface area contributed by atoms with Crippen molar-refractivity contribution < 1.29 is 0 Å². The molecule has 88 valence electrons. The van der Waals surface area contributed by atoms with E-state index in [2.05, 4.69) is 28.1 Å². The van der Waals surface area contributed by atoms with Crippen molar-refractivity contribution in [2.45, 2.75) is 10.6 Å². The van der Waals surface area contributed by atoms with Gasteiger partial charge in [-0.05, 0) is 35.9 Å². The smallest absolute Gasteiger partial charge is 0.0646 e. The van der Waals surface area contributed by atoms with Crippen LogP contribution in [0.1, 0.15) is 5.56 Å². The van der Waals surface area contributed by atoms with Gasteiger partial charge in [-0.15, -0.1) is 11.8 Å². The second kappa shape index (κ2) is 5.80. The minimum atomic E-state index is 0.616. The summed E-state index contributed by atoms with van der Waals surface area (Å²) in [5.74, 6) is 0.924. The third kappa shape index (κ3) is 3.66. The summed E-state index contributed by atoms with van der Waals surface area (Å²) in [6, 6.07) is 14.0. The summed E-state index contributed by atoms with van der Waals surface area (Å²) < 4.78 is 1.10. The Morgan fingerprint density at radius 1 is 1.12 bits per heavy atom. The molecular formula is C13H11BrClNS. The van der Waals surface area contributed by atoms with E-state index in [9.17, 15) is 0 Å². The minimum Gasteiger partial charge on any atom is -0.398 e. The van der Waals surface area contributed by atoms with Gasteiger partial charge in [-0.3, -0.25) is 0 Å². The van der Waals surface area contributed by atoms with Gasteiger partial charge in [-0.25, -0.2) is 0 Å². The van der Waals surface area contributed by atoms with Crippen LogP contribution in [0.2, 0.25) is 5.02 Å². The highest BCUT2D eigenvalue weighted by Crippen LogP contribution is 2.28. The number of benzene rings is 2. The lowest BCUT2D eigenvalue weighted by molar-refractivity contribution is 1.38. The molecule has 0 aromatic heterocycles. The maximum Gasteiger partial charge on any atom is 0.0646 e. The summed E-state index contributed by atoms with van der Waals surface area (Å²) in [5, 5.41) is 0.616. The van der Waals surface area contributed by atoms with Crippen LogP contribution < -0.4 is 5.73 Å². The number of halogens is 2. The first kappa shape index (κ1) is 12.8. The molecule has 1 nitrogen and oxygen atoms in total. The van der Waals surface area contributed by atoms with E-state index in [1.807, 2.05) is 30.3 Å². The van der Waals surface area contributed by atoms with Crippen LogP contribution in [0.15, 0.2) is 51.8 Å². The fraction of sp³-hybridized carbons (Fsp3) is 0.0769. The van der Waals surface area contributed by atoms with Crippen LogP contribution in [0.25, 0.3) is 0 Å². The van der Waals surface area contributed by atoms with Crippen molar-refractivity contribution in [2.24, 2.45) is 0 Å². The molecule has 0 radical (unpaired) electrons. The summed E-state index contributed by atoms with van der Waals surface area (Å²) >= 11 is 11.1. The number of hydrogen-bond donors (Lipinski definition) is 1. The van der Waals surface area contributed by atoms with Gasteiger partial charge in [0.2, 0.25) is 0 Å². The molecule has 0 heterocycles. The van der Waals surface area contributed by atoms with Crippen LogP contribution in [0.3, 0.4) is 0 Å². The summed E-state index contributed by atoms with van der Waals surface area (Å²) in [4.78, 5) is 1.13. The predicted octanol–water partition coefficient (Wildman–Crippen LogP) is 4.98. The molecule has 17 heavy (non-hydrogen) atoms. The standard InChI is InChI=1S/C13H11BrClNS/c14-10-3-1-9(2-4-10)8-17-11-5-6-13(16)12(15)7-11/h1-7H,8,16H2. The molecule has 2 N–H and O–H groups in total. The number of rotatable bonds is 3. The zero-order valence-electron chi connectivity index (χ0n) is 8.99. The number of anilines is 1. The van der Waals surface area contributed by atoms with Crippen molar-refractivity contribution in [1.82, 2.24) is 0 Å². The zero-order valence-corrected chi connectivity index (χ0v) is 12.1. The van der Waals surface area contributed by atoms with E-state index >= 15 is 0 Å². The van der Waals surface area contributed by atoms with Gasteiger partial charge in [0.25, 0.3) is 0 Å². The van der Waals surface area contributed by atoms with E-state index in [-0.39, 0.29) is 0 Å². The van der Waals surface area contributed by atoms with Crippen molar-refractivity contribution in [3.8, 4) is 0 Å². The van der Waals surface area contributed by atoms with Gasteiger partial charge in [0.05, 0.1) is 10.7 Å². The van der Waals surface area contributed by atoms with E-state index in [0.29, 0.717) is 10.7 Å². The molecular weight excluding hydrogens is 318 g/mol. The molecule has 0 bridgehead atoms. The van der Waals surface area contributed by atoms with Gasteiger partial charge in [0.15, 0.2) is 0 Å². The first-order chi connectivity index (χ1) is 8.15. The monoisotopic (exact) mass is 327 g/mol. The molecule has 0 aliphatic carbocycles. The predicted molar refractivity (Wildman–Crippen MR) is 79.6 cm³/mol. The van der Waals surface area contributed by atoms with Crippen molar-refractivity contribution in [3.05, 3.63) is 57.5 Å². The highest BCUT2D eigenvalue weighted by molar-refractivity contribution is 9.10. The van der Waals surface area contributed by atoms with Crippen LogP contribution >= 0.6 is 39.3 Å².